The molecule has 2 aromatic rings. The van der Waals surface area contributed by atoms with Crippen molar-refractivity contribution in [1.82, 2.24) is 0 Å². The molecule has 0 N–H and O–H groups in total. The van der Waals surface area contributed by atoms with Gasteiger partial charge in [-0.15, -0.1) is 0 Å². The fraction of sp³-hybridized carbons (Fsp3) is 0.188. The zero-order valence-corrected chi connectivity index (χ0v) is 10.4. The van der Waals surface area contributed by atoms with Crippen LogP contribution in [0.1, 0.15) is 28.4 Å². The number of carbonyl (C=O) groups excluding carboxylic acids is 1. The summed E-state index contributed by atoms with van der Waals surface area (Å²) in [4.78, 5) is 12.5. The van der Waals surface area contributed by atoms with E-state index in [2.05, 4.69) is 0 Å². The summed E-state index contributed by atoms with van der Waals surface area (Å²) in [7, 11) is 0. The van der Waals surface area contributed by atoms with E-state index in [0.717, 1.165) is 11.1 Å². The second-order valence-electron chi connectivity index (χ2n) is 4.83. The lowest BCUT2D eigenvalue weighted by molar-refractivity contribution is 0.0619. The van der Waals surface area contributed by atoms with Gasteiger partial charge in [0.05, 0.1) is 5.56 Å². The van der Waals surface area contributed by atoms with Crippen LogP contribution in [0.15, 0.2) is 48.5 Å². The Morgan fingerprint density at radius 3 is 2.50 bits per heavy atom. The maximum absolute atomic E-state index is 12.5. The Morgan fingerprint density at radius 1 is 1.06 bits per heavy atom. The molecule has 0 amide bonds. The third-order valence-corrected chi connectivity index (χ3v) is 3.45. The van der Waals surface area contributed by atoms with Crippen LogP contribution >= 0.6 is 0 Å². The summed E-state index contributed by atoms with van der Waals surface area (Å²) in [6.07, 6.45) is 0. The van der Waals surface area contributed by atoms with Gasteiger partial charge in [0, 0.05) is 5.56 Å². The number of benzene rings is 2. The first-order valence-electron chi connectivity index (χ1n) is 6.01. The number of ketones is 1. The lowest BCUT2D eigenvalue weighted by atomic mass is 9.89. The number of Topliss-reactive ketones (excluding diaryl/α,β-unsaturated/α-hetero) is 1. The largest absolute Gasteiger partial charge is 0.474 e. The molecule has 1 atom stereocenters. The van der Waals surface area contributed by atoms with Gasteiger partial charge in [0.25, 0.3) is 0 Å². The molecule has 2 nitrogen and oxygen atoms in total. The minimum absolute atomic E-state index is 0.0346. The molecule has 1 aliphatic rings. The van der Waals surface area contributed by atoms with Crippen molar-refractivity contribution in [3.8, 4) is 5.75 Å². The molecular weight excluding hydrogens is 224 g/mol. The minimum atomic E-state index is -0.891. The highest BCUT2D eigenvalue weighted by atomic mass is 16.5. The predicted octanol–water partition coefficient (Wildman–Crippen LogP) is 3.49. The predicted molar refractivity (Wildman–Crippen MR) is 69.9 cm³/mol. The third-order valence-electron chi connectivity index (χ3n) is 3.45. The first-order chi connectivity index (χ1) is 8.61. The van der Waals surface area contributed by atoms with Gasteiger partial charge in [0.2, 0.25) is 5.78 Å². The molecule has 2 heteroatoms. The number of fused-ring (bicyclic) bond motifs is 1. The quantitative estimate of drug-likeness (QED) is 0.760. The van der Waals surface area contributed by atoms with E-state index in [-0.39, 0.29) is 5.78 Å². The average molecular weight is 238 g/mol. The van der Waals surface area contributed by atoms with E-state index in [1.165, 1.54) is 0 Å². The van der Waals surface area contributed by atoms with E-state index in [0.29, 0.717) is 11.3 Å². The van der Waals surface area contributed by atoms with E-state index in [1.807, 2.05) is 62.4 Å². The lowest BCUT2D eigenvalue weighted by Crippen LogP contribution is -2.33. The van der Waals surface area contributed by atoms with Crippen molar-refractivity contribution in [3.63, 3.8) is 0 Å². The molecular formula is C16H14O2. The van der Waals surface area contributed by atoms with E-state index >= 15 is 0 Å². The molecule has 1 unspecified atom stereocenters. The zero-order valence-electron chi connectivity index (χ0n) is 10.4. The van der Waals surface area contributed by atoms with Gasteiger partial charge in [-0.3, -0.25) is 4.79 Å². The molecule has 0 fully saturated rings. The molecule has 90 valence electrons. The SMILES string of the molecule is Cc1ccc2c(c1)C(=O)C(C)(c1ccccc1)O2. The second kappa shape index (κ2) is 3.70. The molecule has 0 bridgehead atoms. The van der Waals surface area contributed by atoms with Crippen molar-refractivity contribution in [2.45, 2.75) is 19.4 Å². The molecule has 18 heavy (non-hydrogen) atoms. The summed E-state index contributed by atoms with van der Waals surface area (Å²) in [5.41, 5.74) is 1.76. The number of hydrogen-bond donors (Lipinski definition) is 0. The number of aryl methyl sites for hydroxylation is 1. The first-order valence-corrected chi connectivity index (χ1v) is 6.01. The van der Waals surface area contributed by atoms with Gasteiger partial charge in [-0.1, -0.05) is 42.0 Å². The standard InChI is InChI=1S/C16H14O2/c1-11-8-9-14-13(10-11)15(17)16(2,18-14)12-6-4-3-5-7-12/h3-10H,1-2H3. The van der Waals surface area contributed by atoms with Crippen LogP contribution in [-0.4, -0.2) is 5.78 Å². The molecule has 3 rings (SSSR count). The van der Waals surface area contributed by atoms with Gasteiger partial charge in [0.15, 0.2) is 5.60 Å². The highest BCUT2D eigenvalue weighted by Crippen LogP contribution is 2.41. The highest BCUT2D eigenvalue weighted by Gasteiger charge is 2.45. The van der Waals surface area contributed by atoms with Crippen molar-refractivity contribution in [3.05, 3.63) is 65.2 Å². The molecule has 2 aromatic carbocycles. The Bertz CT molecular complexity index is 616. The Morgan fingerprint density at radius 2 is 1.78 bits per heavy atom. The first kappa shape index (κ1) is 11.0. The maximum Gasteiger partial charge on any atom is 0.214 e. The van der Waals surface area contributed by atoms with Crippen LogP contribution in [0.2, 0.25) is 0 Å². The maximum atomic E-state index is 12.5. The van der Waals surface area contributed by atoms with Crippen LogP contribution in [0, 0.1) is 6.92 Å². The van der Waals surface area contributed by atoms with E-state index in [9.17, 15) is 4.79 Å². The fourth-order valence-electron chi connectivity index (χ4n) is 2.38. The molecule has 0 aromatic heterocycles. The Hall–Kier alpha value is -2.09. The molecule has 1 aliphatic heterocycles. The number of rotatable bonds is 1. The van der Waals surface area contributed by atoms with E-state index < -0.39 is 5.60 Å². The monoisotopic (exact) mass is 238 g/mol. The van der Waals surface area contributed by atoms with E-state index in [1.54, 1.807) is 0 Å². The van der Waals surface area contributed by atoms with Gasteiger partial charge in [-0.25, -0.2) is 0 Å². The fourth-order valence-corrected chi connectivity index (χ4v) is 2.38. The summed E-state index contributed by atoms with van der Waals surface area (Å²) in [6.45, 7) is 3.81. The van der Waals surface area contributed by atoms with E-state index in [4.69, 9.17) is 4.74 Å². The molecule has 0 radical (unpaired) electrons. The van der Waals surface area contributed by atoms with Gasteiger partial charge >= 0.3 is 0 Å². The van der Waals surface area contributed by atoms with Crippen LogP contribution in [0.5, 0.6) is 5.75 Å². The van der Waals surface area contributed by atoms with Crippen molar-refractivity contribution < 1.29 is 9.53 Å². The van der Waals surface area contributed by atoms with Crippen LogP contribution < -0.4 is 4.74 Å². The molecule has 0 aliphatic carbocycles. The van der Waals surface area contributed by atoms with Crippen molar-refractivity contribution in [2.24, 2.45) is 0 Å². The van der Waals surface area contributed by atoms with Gasteiger partial charge in [-0.2, -0.15) is 0 Å². The minimum Gasteiger partial charge on any atom is -0.474 e. The molecule has 0 spiro atoms. The van der Waals surface area contributed by atoms with Gasteiger partial charge in [-0.05, 0) is 26.0 Å². The van der Waals surface area contributed by atoms with Crippen LogP contribution in [0.3, 0.4) is 0 Å². The summed E-state index contributed by atoms with van der Waals surface area (Å²) in [6, 6.07) is 15.4. The summed E-state index contributed by atoms with van der Waals surface area (Å²) in [5.74, 6) is 0.712. The number of ether oxygens (including phenoxy) is 1. The van der Waals surface area contributed by atoms with Crippen LogP contribution in [0.4, 0.5) is 0 Å². The van der Waals surface area contributed by atoms with Crippen molar-refractivity contribution in [2.75, 3.05) is 0 Å². The summed E-state index contributed by atoms with van der Waals surface area (Å²) >= 11 is 0. The molecule has 0 saturated carbocycles. The highest BCUT2D eigenvalue weighted by molar-refractivity contribution is 6.07. The van der Waals surface area contributed by atoms with Crippen LogP contribution in [0.25, 0.3) is 0 Å². The Balaban J connectivity index is 2.12. The van der Waals surface area contributed by atoms with Crippen molar-refractivity contribution >= 4 is 5.78 Å². The zero-order chi connectivity index (χ0) is 12.8. The van der Waals surface area contributed by atoms with Crippen molar-refractivity contribution in [1.29, 1.82) is 0 Å². The van der Waals surface area contributed by atoms with Crippen LogP contribution in [-0.2, 0) is 5.60 Å². The topological polar surface area (TPSA) is 26.3 Å². The smallest absolute Gasteiger partial charge is 0.214 e. The molecule has 0 saturated heterocycles. The normalized spacial score (nSPS) is 21.6. The Labute approximate surface area is 106 Å². The Kier molecular flexibility index (Phi) is 2.27. The summed E-state index contributed by atoms with van der Waals surface area (Å²) in [5, 5.41) is 0. The summed E-state index contributed by atoms with van der Waals surface area (Å²) < 4.78 is 5.90. The average Bonchev–Trinajstić information content (AvgIpc) is 2.65. The number of carbonyl (C=O) groups is 1. The lowest BCUT2D eigenvalue weighted by Gasteiger charge is -2.22. The number of hydrogen-bond acceptors (Lipinski definition) is 2. The second-order valence-corrected chi connectivity index (χ2v) is 4.83. The molecule has 1 heterocycles. The third kappa shape index (κ3) is 1.46. The van der Waals surface area contributed by atoms with Gasteiger partial charge < -0.3 is 4.74 Å². The van der Waals surface area contributed by atoms with Gasteiger partial charge in [0.1, 0.15) is 5.75 Å².